The molecule has 2 fully saturated rings. The highest BCUT2D eigenvalue weighted by molar-refractivity contribution is 5.91. The summed E-state index contributed by atoms with van der Waals surface area (Å²) in [5.41, 5.74) is 2.53. The topological polar surface area (TPSA) is 63.1 Å². The number of likely N-dealkylation sites (tertiary alicyclic amines) is 1. The highest BCUT2D eigenvalue weighted by Gasteiger charge is 2.48. The van der Waals surface area contributed by atoms with Crippen LogP contribution in [0.4, 0.5) is 0 Å². The van der Waals surface area contributed by atoms with E-state index in [4.69, 9.17) is 0 Å². The van der Waals surface area contributed by atoms with Gasteiger partial charge in [0.05, 0.1) is 6.04 Å². The summed E-state index contributed by atoms with van der Waals surface area (Å²) < 4.78 is 2.08. The highest BCUT2D eigenvalue weighted by atomic mass is 35.5. The first-order valence-corrected chi connectivity index (χ1v) is 10.2. The lowest BCUT2D eigenvalue weighted by Crippen LogP contribution is -2.36. The van der Waals surface area contributed by atoms with Gasteiger partial charge in [0.15, 0.2) is 0 Å². The molecule has 150 valence electrons. The van der Waals surface area contributed by atoms with E-state index >= 15 is 0 Å². The molecule has 2 saturated heterocycles. The summed E-state index contributed by atoms with van der Waals surface area (Å²) in [7, 11) is 0. The number of carbonyl (C=O) groups is 1. The van der Waals surface area contributed by atoms with Gasteiger partial charge in [-0.05, 0) is 36.8 Å². The summed E-state index contributed by atoms with van der Waals surface area (Å²) in [6.45, 7) is 5.79. The molecule has 4 heterocycles. The third-order valence-electron chi connectivity index (χ3n) is 6.63. The molecule has 1 aromatic heterocycles. The zero-order chi connectivity index (χ0) is 18.4. The van der Waals surface area contributed by atoms with E-state index in [1.807, 2.05) is 0 Å². The van der Waals surface area contributed by atoms with Crippen molar-refractivity contribution in [3.63, 3.8) is 0 Å². The van der Waals surface area contributed by atoms with Gasteiger partial charge in [0.25, 0.3) is 5.91 Å². The number of aromatic nitrogens is 3. The number of rotatable bonds is 2. The van der Waals surface area contributed by atoms with Gasteiger partial charge >= 0.3 is 0 Å². The van der Waals surface area contributed by atoms with E-state index in [-0.39, 0.29) is 24.4 Å². The van der Waals surface area contributed by atoms with Crippen LogP contribution in [0.3, 0.4) is 0 Å². The van der Waals surface area contributed by atoms with Crippen LogP contribution >= 0.6 is 12.4 Å². The summed E-state index contributed by atoms with van der Waals surface area (Å²) in [6.07, 6.45) is 4.36. The minimum atomic E-state index is 0. The average Bonchev–Trinajstić information content (AvgIpc) is 3.33. The van der Waals surface area contributed by atoms with Crippen molar-refractivity contribution < 1.29 is 4.79 Å². The minimum absolute atomic E-state index is 0. The van der Waals surface area contributed by atoms with Crippen molar-refractivity contribution in [1.29, 1.82) is 0 Å². The summed E-state index contributed by atoms with van der Waals surface area (Å²) in [5, 5.41) is 12.2. The number of fused-ring (bicyclic) bond motifs is 2. The van der Waals surface area contributed by atoms with Crippen LogP contribution in [0.2, 0.25) is 0 Å². The van der Waals surface area contributed by atoms with Crippen LogP contribution in [0.5, 0.6) is 0 Å². The van der Waals surface area contributed by atoms with Crippen molar-refractivity contribution in [3.8, 4) is 0 Å². The Balaban J connectivity index is 0.00000192. The van der Waals surface area contributed by atoms with Crippen LogP contribution in [-0.2, 0) is 13.0 Å². The molecule has 5 rings (SSSR count). The van der Waals surface area contributed by atoms with Gasteiger partial charge < -0.3 is 14.8 Å². The molecule has 3 atom stereocenters. The van der Waals surface area contributed by atoms with Gasteiger partial charge in [-0.15, -0.1) is 22.6 Å². The fraction of sp³-hybridized carbons (Fsp3) is 0.571. The van der Waals surface area contributed by atoms with Crippen LogP contribution in [0.1, 0.15) is 52.9 Å². The predicted octanol–water partition coefficient (Wildman–Crippen LogP) is 2.77. The first-order valence-electron chi connectivity index (χ1n) is 10.2. The smallest absolute Gasteiger partial charge is 0.292 e. The van der Waals surface area contributed by atoms with Gasteiger partial charge in [0.2, 0.25) is 5.82 Å². The molecule has 1 amide bonds. The molecule has 3 aliphatic rings. The molecule has 0 aliphatic carbocycles. The molecule has 0 bridgehead atoms. The Bertz CT molecular complexity index is 866. The van der Waals surface area contributed by atoms with Crippen molar-refractivity contribution in [2.45, 2.75) is 45.2 Å². The SMILES string of the molecule is Cc1ccccc1[C@@H]1[C@H]2CNC[C@H]2CN1C(=O)c1nnc2n1CCCCC2.Cl. The number of nitrogens with zero attached hydrogens (tertiary/aromatic N) is 4. The van der Waals surface area contributed by atoms with Gasteiger partial charge in [0, 0.05) is 38.5 Å². The Morgan fingerprint density at radius 3 is 2.86 bits per heavy atom. The van der Waals surface area contributed by atoms with Crippen molar-refractivity contribution in [2.24, 2.45) is 11.8 Å². The standard InChI is InChI=1S/C21H27N5O.ClH/c1-14-7-4-5-8-16(14)19-17-12-22-11-15(17)13-26(19)21(27)20-24-23-18-9-3-2-6-10-25(18)20;/h4-5,7-8,15,17,19,22H,2-3,6,9-13H2,1H3;1H/t15-,17-,19+;/m0./s1. The second kappa shape index (κ2) is 7.84. The second-order valence-electron chi connectivity index (χ2n) is 8.24. The maximum atomic E-state index is 13.6. The largest absolute Gasteiger partial charge is 0.328 e. The first kappa shape index (κ1) is 19.4. The molecular formula is C21H28ClN5O. The van der Waals surface area contributed by atoms with Gasteiger partial charge in [-0.25, -0.2) is 0 Å². The molecule has 7 heteroatoms. The lowest BCUT2D eigenvalue weighted by atomic mass is 9.87. The van der Waals surface area contributed by atoms with E-state index in [9.17, 15) is 4.79 Å². The second-order valence-corrected chi connectivity index (χ2v) is 8.24. The Hall–Kier alpha value is -1.92. The number of aryl methyl sites for hydroxylation is 2. The predicted molar refractivity (Wildman–Crippen MR) is 110 cm³/mol. The number of hydrogen-bond donors (Lipinski definition) is 1. The van der Waals surface area contributed by atoms with Crippen molar-refractivity contribution in [3.05, 3.63) is 47.0 Å². The number of hydrogen-bond acceptors (Lipinski definition) is 4. The van der Waals surface area contributed by atoms with Crippen LogP contribution in [0.15, 0.2) is 24.3 Å². The number of amides is 1. The van der Waals surface area contributed by atoms with E-state index in [1.54, 1.807) is 0 Å². The molecule has 0 radical (unpaired) electrons. The normalized spacial score (nSPS) is 26.3. The number of carbonyl (C=O) groups excluding carboxylic acids is 1. The fourth-order valence-corrected chi connectivity index (χ4v) is 5.22. The van der Waals surface area contributed by atoms with E-state index < -0.39 is 0 Å². The summed E-state index contributed by atoms with van der Waals surface area (Å²) in [5.74, 6) is 2.56. The van der Waals surface area contributed by atoms with Gasteiger partial charge in [-0.3, -0.25) is 4.79 Å². The quantitative estimate of drug-likeness (QED) is 0.840. The number of benzene rings is 1. The zero-order valence-corrected chi connectivity index (χ0v) is 17.1. The maximum Gasteiger partial charge on any atom is 0.292 e. The zero-order valence-electron chi connectivity index (χ0n) is 16.3. The van der Waals surface area contributed by atoms with Crippen molar-refractivity contribution in [2.75, 3.05) is 19.6 Å². The third kappa shape index (κ3) is 3.12. The molecule has 3 aliphatic heterocycles. The average molecular weight is 402 g/mol. The summed E-state index contributed by atoms with van der Waals surface area (Å²) in [6, 6.07) is 8.62. The number of nitrogens with one attached hydrogen (secondary N) is 1. The van der Waals surface area contributed by atoms with Crippen LogP contribution in [0.25, 0.3) is 0 Å². The minimum Gasteiger partial charge on any atom is -0.328 e. The Morgan fingerprint density at radius 2 is 2.00 bits per heavy atom. The molecular weight excluding hydrogens is 374 g/mol. The van der Waals surface area contributed by atoms with E-state index in [1.165, 1.54) is 17.5 Å². The maximum absolute atomic E-state index is 13.6. The molecule has 6 nitrogen and oxygen atoms in total. The van der Waals surface area contributed by atoms with E-state index in [0.29, 0.717) is 17.7 Å². The molecule has 1 aromatic carbocycles. The van der Waals surface area contributed by atoms with Crippen molar-refractivity contribution >= 4 is 18.3 Å². The van der Waals surface area contributed by atoms with Crippen LogP contribution < -0.4 is 5.32 Å². The van der Waals surface area contributed by atoms with Crippen LogP contribution in [-0.4, -0.2) is 45.2 Å². The highest BCUT2D eigenvalue weighted by Crippen LogP contribution is 2.44. The molecule has 0 saturated carbocycles. The van der Waals surface area contributed by atoms with E-state index in [0.717, 1.165) is 51.3 Å². The fourth-order valence-electron chi connectivity index (χ4n) is 5.22. The summed E-state index contributed by atoms with van der Waals surface area (Å²) in [4.78, 5) is 15.7. The molecule has 0 unspecified atom stereocenters. The third-order valence-corrected chi connectivity index (χ3v) is 6.63. The molecule has 28 heavy (non-hydrogen) atoms. The molecule has 2 aromatic rings. The van der Waals surface area contributed by atoms with Crippen molar-refractivity contribution in [1.82, 2.24) is 25.0 Å². The molecule has 1 N–H and O–H groups in total. The van der Waals surface area contributed by atoms with Gasteiger partial charge in [-0.1, -0.05) is 30.7 Å². The van der Waals surface area contributed by atoms with Gasteiger partial charge in [0.1, 0.15) is 5.82 Å². The number of halogens is 1. The van der Waals surface area contributed by atoms with E-state index in [2.05, 4.69) is 56.2 Å². The lowest BCUT2D eigenvalue weighted by Gasteiger charge is -2.29. The lowest BCUT2D eigenvalue weighted by molar-refractivity contribution is 0.0695. The Labute approximate surface area is 172 Å². The first-order chi connectivity index (χ1) is 13.2. The van der Waals surface area contributed by atoms with Crippen LogP contribution in [0, 0.1) is 18.8 Å². The molecule has 0 spiro atoms. The summed E-state index contributed by atoms with van der Waals surface area (Å²) >= 11 is 0. The van der Waals surface area contributed by atoms with Gasteiger partial charge in [-0.2, -0.15) is 0 Å². The Kier molecular flexibility index (Phi) is 5.43. The monoisotopic (exact) mass is 401 g/mol. The Morgan fingerprint density at radius 1 is 1.14 bits per heavy atom.